The van der Waals surface area contributed by atoms with Crippen molar-refractivity contribution in [2.75, 3.05) is 20.3 Å². The van der Waals surface area contributed by atoms with E-state index >= 15 is 0 Å². The number of amides is 1. The van der Waals surface area contributed by atoms with Gasteiger partial charge in [-0.1, -0.05) is 0 Å². The van der Waals surface area contributed by atoms with Crippen molar-refractivity contribution in [2.45, 2.75) is 37.8 Å². The number of hydrogen-bond donors (Lipinski definition) is 0. The fraction of sp³-hybridized carbons (Fsp3) is 0.818. The second-order valence-electron chi connectivity index (χ2n) is 4.32. The van der Waals surface area contributed by atoms with Crippen LogP contribution in [-0.2, 0) is 19.1 Å². The molecule has 0 aromatic heterocycles. The summed E-state index contributed by atoms with van der Waals surface area (Å²) in [6, 6.07) is 0. The van der Waals surface area contributed by atoms with E-state index in [-0.39, 0.29) is 18.0 Å². The second-order valence-corrected chi connectivity index (χ2v) is 4.32. The molecule has 5 heteroatoms. The van der Waals surface area contributed by atoms with Crippen LogP contribution in [-0.4, -0.2) is 48.7 Å². The summed E-state index contributed by atoms with van der Waals surface area (Å²) in [7, 11) is 1.61. The predicted octanol–water partition coefficient (Wildman–Crippen LogP) is 0.329. The maximum Gasteiger partial charge on any atom is 0.332 e. The van der Waals surface area contributed by atoms with E-state index in [9.17, 15) is 9.59 Å². The topological polar surface area (TPSA) is 55.8 Å². The molecule has 2 rings (SSSR count). The Bertz CT molecular complexity index is 317. The summed E-state index contributed by atoms with van der Waals surface area (Å²) in [6.45, 7) is 2.63. The van der Waals surface area contributed by atoms with Crippen molar-refractivity contribution in [1.82, 2.24) is 4.90 Å². The lowest BCUT2D eigenvalue weighted by atomic mass is 9.93. The van der Waals surface area contributed by atoms with Gasteiger partial charge in [-0.2, -0.15) is 0 Å². The van der Waals surface area contributed by atoms with Crippen molar-refractivity contribution in [3.05, 3.63) is 0 Å². The van der Waals surface area contributed by atoms with E-state index in [1.807, 2.05) is 0 Å². The van der Waals surface area contributed by atoms with Gasteiger partial charge in [-0.25, -0.2) is 4.79 Å². The van der Waals surface area contributed by atoms with Gasteiger partial charge in [0, 0.05) is 26.5 Å². The standard InChI is InChI=1S/C11H17NO4/c1-3-16-10(14)11-5-4-9(13)12(11)7-8(6-11)15-2/h8H,3-7H2,1-2H3. The van der Waals surface area contributed by atoms with E-state index in [2.05, 4.69) is 0 Å². The molecule has 2 aliphatic rings. The van der Waals surface area contributed by atoms with E-state index in [1.165, 1.54) is 0 Å². The summed E-state index contributed by atoms with van der Waals surface area (Å²) in [5, 5.41) is 0. The molecule has 0 bridgehead atoms. The third kappa shape index (κ3) is 1.50. The highest BCUT2D eigenvalue weighted by Gasteiger charge is 2.57. The van der Waals surface area contributed by atoms with Crippen LogP contribution in [0.3, 0.4) is 0 Å². The lowest BCUT2D eigenvalue weighted by Crippen LogP contribution is -2.48. The van der Waals surface area contributed by atoms with Crippen LogP contribution in [0.1, 0.15) is 26.2 Å². The summed E-state index contributed by atoms with van der Waals surface area (Å²) in [4.78, 5) is 25.3. The van der Waals surface area contributed by atoms with E-state index in [4.69, 9.17) is 9.47 Å². The van der Waals surface area contributed by atoms with Crippen LogP contribution in [0.25, 0.3) is 0 Å². The van der Waals surface area contributed by atoms with E-state index in [0.717, 1.165) is 0 Å². The average molecular weight is 227 g/mol. The number of methoxy groups -OCH3 is 1. The number of fused-ring (bicyclic) bond motifs is 1. The van der Waals surface area contributed by atoms with Crippen LogP contribution in [0.5, 0.6) is 0 Å². The van der Waals surface area contributed by atoms with E-state index in [1.54, 1.807) is 18.9 Å². The predicted molar refractivity (Wildman–Crippen MR) is 55.7 cm³/mol. The Labute approximate surface area is 94.7 Å². The van der Waals surface area contributed by atoms with Gasteiger partial charge >= 0.3 is 5.97 Å². The Hall–Kier alpha value is -1.10. The van der Waals surface area contributed by atoms with Crippen molar-refractivity contribution < 1.29 is 19.1 Å². The Kier molecular flexibility index (Phi) is 2.88. The van der Waals surface area contributed by atoms with Gasteiger partial charge in [0.2, 0.25) is 5.91 Å². The summed E-state index contributed by atoms with van der Waals surface area (Å²) < 4.78 is 10.3. The zero-order valence-electron chi connectivity index (χ0n) is 9.69. The van der Waals surface area contributed by atoms with Crippen molar-refractivity contribution >= 4 is 11.9 Å². The largest absolute Gasteiger partial charge is 0.464 e. The Morgan fingerprint density at radius 2 is 2.38 bits per heavy atom. The van der Waals surface area contributed by atoms with Gasteiger partial charge in [-0.05, 0) is 13.3 Å². The van der Waals surface area contributed by atoms with Gasteiger partial charge in [0.15, 0.2) is 0 Å². The highest BCUT2D eigenvalue weighted by Crippen LogP contribution is 2.41. The Morgan fingerprint density at radius 1 is 1.62 bits per heavy atom. The molecule has 0 spiro atoms. The summed E-state index contributed by atoms with van der Waals surface area (Å²) >= 11 is 0. The smallest absolute Gasteiger partial charge is 0.332 e. The third-order valence-electron chi connectivity index (χ3n) is 3.51. The summed E-state index contributed by atoms with van der Waals surface area (Å²) in [6.07, 6.45) is 1.52. The first-order valence-electron chi connectivity index (χ1n) is 5.64. The van der Waals surface area contributed by atoms with Gasteiger partial charge in [0.1, 0.15) is 5.54 Å². The molecule has 2 unspecified atom stereocenters. The molecule has 2 fully saturated rings. The van der Waals surface area contributed by atoms with E-state index in [0.29, 0.717) is 32.4 Å². The first-order valence-corrected chi connectivity index (χ1v) is 5.64. The molecule has 5 nitrogen and oxygen atoms in total. The second kappa shape index (κ2) is 4.05. The van der Waals surface area contributed by atoms with Gasteiger partial charge in [0.05, 0.1) is 12.7 Å². The minimum Gasteiger partial charge on any atom is -0.464 e. The minimum atomic E-state index is -0.742. The summed E-state index contributed by atoms with van der Waals surface area (Å²) in [5.74, 6) is -0.243. The quantitative estimate of drug-likeness (QED) is 0.652. The first kappa shape index (κ1) is 11.4. The maximum atomic E-state index is 12.0. The maximum absolute atomic E-state index is 12.0. The Balaban J connectivity index is 2.22. The van der Waals surface area contributed by atoms with Crippen molar-refractivity contribution in [3.63, 3.8) is 0 Å². The van der Waals surface area contributed by atoms with Crippen LogP contribution >= 0.6 is 0 Å². The molecule has 16 heavy (non-hydrogen) atoms. The number of carbonyl (C=O) groups is 2. The summed E-state index contributed by atoms with van der Waals surface area (Å²) in [5.41, 5.74) is -0.742. The molecule has 0 aromatic carbocycles. The molecule has 0 saturated carbocycles. The molecular formula is C11H17NO4. The zero-order valence-corrected chi connectivity index (χ0v) is 9.69. The molecule has 2 aliphatic heterocycles. The van der Waals surface area contributed by atoms with Gasteiger partial charge in [0.25, 0.3) is 0 Å². The third-order valence-corrected chi connectivity index (χ3v) is 3.51. The number of hydrogen-bond acceptors (Lipinski definition) is 4. The number of esters is 1. The zero-order chi connectivity index (χ0) is 11.8. The molecule has 2 saturated heterocycles. The lowest BCUT2D eigenvalue weighted by molar-refractivity contribution is -0.157. The molecule has 1 amide bonds. The van der Waals surface area contributed by atoms with Crippen molar-refractivity contribution in [1.29, 1.82) is 0 Å². The molecule has 2 heterocycles. The van der Waals surface area contributed by atoms with Crippen LogP contribution in [0, 0.1) is 0 Å². The molecule has 90 valence electrons. The number of ether oxygens (including phenoxy) is 2. The average Bonchev–Trinajstić information content (AvgIpc) is 2.78. The van der Waals surface area contributed by atoms with E-state index < -0.39 is 5.54 Å². The fourth-order valence-electron chi connectivity index (χ4n) is 2.67. The monoisotopic (exact) mass is 227 g/mol. The Morgan fingerprint density at radius 3 is 3.00 bits per heavy atom. The normalized spacial score (nSPS) is 33.0. The highest BCUT2D eigenvalue weighted by molar-refractivity contribution is 5.92. The number of carbonyl (C=O) groups excluding carboxylic acids is 2. The molecule has 0 radical (unpaired) electrons. The molecular weight excluding hydrogens is 210 g/mol. The molecule has 0 aliphatic carbocycles. The van der Waals surface area contributed by atoms with Gasteiger partial charge in [-0.15, -0.1) is 0 Å². The fourth-order valence-corrected chi connectivity index (χ4v) is 2.67. The SMILES string of the molecule is CCOC(=O)C12CCC(=O)N1CC(OC)C2. The lowest BCUT2D eigenvalue weighted by Gasteiger charge is -2.28. The number of nitrogens with zero attached hydrogens (tertiary/aromatic N) is 1. The molecule has 0 N–H and O–H groups in total. The minimum absolute atomic E-state index is 0.0348. The molecule has 0 aromatic rings. The first-order chi connectivity index (χ1) is 7.64. The van der Waals surface area contributed by atoms with Gasteiger partial charge in [-0.3, -0.25) is 4.79 Å². The van der Waals surface area contributed by atoms with Crippen molar-refractivity contribution in [3.8, 4) is 0 Å². The van der Waals surface area contributed by atoms with Crippen LogP contribution in [0.15, 0.2) is 0 Å². The highest BCUT2D eigenvalue weighted by atomic mass is 16.5. The van der Waals surface area contributed by atoms with Gasteiger partial charge < -0.3 is 14.4 Å². The molecule has 2 atom stereocenters. The van der Waals surface area contributed by atoms with Crippen LogP contribution in [0.4, 0.5) is 0 Å². The van der Waals surface area contributed by atoms with Crippen LogP contribution in [0.2, 0.25) is 0 Å². The van der Waals surface area contributed by atoms with Crippen LogP contribution < -0.4 is 0 Å². The van der Waals surface area contributed by atoms with Crippen molar-refractivity contribution in [2.24, 2.45) is 0 Å². The number of rotatable bonds is 3.